The number of aromatic nitrogens is 4. The third-order valence-electron chi connectivity index (χ3n) is 5.57. The van der Waals surface area contributed by atoms with E-state index in [0.717, 1.165) is 11.4 Å². The number of amides is 1. The summed E-state index contributed by atoms with van der Waals surface area (Å²) in [7, 11) is 1.59. The Labute approximate surface area is 179 Å². The molecular formula is C22H24N6O3. The lowest BCUT2D eigenvalue weighted by Gasteiger charge is -2.17. The van der Waals surface area contributed by atoms with Gasteiger partial charge in [-0.1, -0.05) is 0 Å². The van der Waals surface area contributed by atoms with Crippen LogP contribution in [0.3, 0.4) is 0 Å². The van der Waals surface area contributed by atoms with Crippen molar-refractivity contribution >= 4 is 17.5 Å². The average molecular weight is 420 g/mol. The lowest BCUT2D eigenvalue weighted by atomic mass is 9.98. The second-order valence-electron chi connectivity index (χ2n) is 7.57. The summed E-state index contributed by atoms with van der Waals surface area (Å²) in [6, 6.07) is 7.24. The highest BCUT2D eigenvalue weighted by Gasteiger charge is 2.34. The van der Waals surface area contributed by atoms with Crippen molar-refractivity contribution in [2.75, 3.05) is 25.9 Å². The Morgan fingerprint density at radius 1 is 1.13 bits per heavy atom. The van der Waals surface area contributed by atoms with E-state index in [2.05, 4.69) is 15.1 Å². The van der Waals surface area contributed by atoms with Crippen LogP contribution in [0, 0.1) is 19.8 Å². The molecule has 0 aliphatic carbocycles. The molecule has 0 bridgehead atoms. The molecule has 0 radical (unpaired) electrons. The van der Waals surface area contributed by atoms with Crippen LogP contribution in [0.25, 0.3) is 5.69 Å². The summed E-state index contributed by atoms with van der Waals surface area (Å²) in [5.41, 5.74) is 8.44. The quantitative estimate of drug-likeness (QED) is 0.629. The zero-order valence-electron chi connectivity index (χ0n) is 17.7. The first-order valence-electron chi connectivity index (χ1n) is 10.0. The molecule has 4 rings (SSSR count). The summed E-state index contributed by atoms with van der Waals surface area (Å²) in [6.07, 6.45) is 3.61. The number of ether oxygens (including phenoxy) is 1. The summed E-state index contributed by atoms with van der Waals surface area (Å²) >= 11 is 0. The van der Waals surface area contributed by atoms with E-state index in [-0.39, 0.29) is 23.4 Å². The van der Waals surface area contributed by atoms with Crippen molar-refractivity contribution in [2.45, 2.75) is 20.3 Å². The van der Waals surface area contributed by atoms with Crippen molar-refractivity contribution in [1.29, 1.82) is 0 Å². The Morgan fingerprint density at radius 2 is 1.87 bits per heavy atom. The highest BCUT2D eigenvalue weighted by atomic mass is 16.5. The molecule has 0 saturated carbocycles. The number of ketones is 1. The molecule has 1 aliphatic heterocycles. The fourth-order valence-electron chi connectivity index (χ4n) is 3.82. The monoisotopic (exact) mass is 420 g/mol. The Morgan fingerprint density at radius 3 is 2.55 bits per heavy atom. The van der Waals surface area contributed by atoms with Crippen molar-refractivity contribution in [2.24, 2.45) is 5.92 Å². The Hall–Kier alpha value is -3.75. The van der Waals surface area contributed by atoms with E-state index in [0.29, 0.717) is 42.2 Å². The summed E-state index contributed by atoms with van der Waals surface area (Å²) in [5, 5.41) is 4.29. The predicted octanol–water partition coefficient (Wildman–Crippen LogP) is 2.21. The molecule has 1 aliphatic rings. The van der Waals surface area contributed by atoms with Crippen LogP contribution in [-0.2, 0) is 0 Å². The largest absolute Gasteiger partial charge is 0.497 e. The molecule has 1 atom stereocenters. The first-order valence-corrected chi connectivity index (χ1v) is 10.0. The summed E-state index contributed by atoms with van der Waals surface area (Å²) in [6.45, 7) is 4.39. The Bertz CT molecular complexity index is 1140. The highest BCUT2D eigenvalue weighted by molar-refractivity contribution is 6.03. The number of nitrogens with two attached hydrogens (primary N) is 1. The molecule has 0 unspecified atom stereocenters. The van der Waals surface area contributed by atoms with Gasteiger partial charge in [0.25, 0.3) is 5.91 Å². The van der Waals surface area contributed by atoms with E-state index in [1.54, 1.807) is 44.2 Å². The number of nitrogen functional groups attached to an aromatic ring is 1. The second kappa shape index (κ2) is 8.17. The second-order valence-corrected chi connectivity index (χ2v) is 7.57. The van der Waals surface area contributed by atoms with Gasteiger partial charge in [-0.3, -0.25) is 9.59 Å². The maximum absolute atomic E-state index is 13.1. The Balaban J connectivity index is 1.49. The molecule has 160 valence electrons. The molecule has 9 nitrogen and oxygen atoms in total. The van der Waals surface area contributed by atoms with Gasteiger partial charge in [-0.25, -0.2) is 14.6 Å². The molecule has 0 spiro atoms. The number of hydrogen-bond acceptors (Lipinski definition) is 7. The van der Waals surface area contributed by atoms with Crippen LogP contribution in [-0.4, -0.2) is 56.5 Å². The minimum absolute atomic E-state index is 0.107. The normalized spacial score (nSPS) is 15.8. The van der Waals surface area contributed by atoms with E-state index in [9.17, 15) is 9.59 Å². The first-order chi connectivity index (χ1) is 14.9. The van der Waals surface area contributed by atoms with Gasteiger partial charge in [0.2, 0.25) is 0 Å². The third-order valence-corrected chi connectivity index (χ3v) is 5.57. The molecule has 3 aromatic rings. The molecule has 9 heteroatoms. The number of Topliss-reactive ketones (excluding diaryl/α,β-unsaturated/α-hetero) is 1. The van der Waals surface area contributed by atoms with E-state index in [4.69, 9.17) is 10.5 Å². The van der Waals surface area contributed by atoms with E-state index in [1.807, 2.05) is 12.1 Å². The number of anilines is 1. The minimum atomic E-state index is -0.327. The lowest BCUT2D eigenvalue weighted by Crippen LogP contribution is -2.31. The molecule has 1 amide bonds. The minimum Gasteiger partial charge on any atom is -0.497 e. The number of carbonyl (C=O) groups is 2. The van der Waals surface area contributed by atoms with Crippen molar-refractivity contribution in [3.8, 4) is 11.4 Å². The summed E-state index contributed by atoms with van der Waals surface area (Å²) in [5.74, 6) is 1.02. The van der Waals surface area contributed by atoms with Crippen LogP contribution in [0.5, 0.6) is 5.75 Å². The maximum atomic E-state index is 13.1. The number of methoxy groups -OCH3 is 1. The zero-order valence-corrected chi connectivity index (χ0v) is 17.7. The van der Waals surface area contributed by atoms with Gasteiger partial charge in [-0.15, -0.1) is 0 Å². The van der Waals surface area contributed by atoms with Gasteiger partial charge >= 0.3 is 0 Å². The van der Waals surface area contributed by atoms with Gasteiger partial charge in [0, 0.05) is 25.2 Å². The van der Waals surface area contributed by atoms with Gasteiger partial charge < -0.3 is 15.4 Å². The first kappa shape index (κ1) is 20.5. The number of likely N-dealkylation sites (tertiary alicyclic amines) is 1. The molecule has 31 heavy (non-hydrogen) atoms. The smallest absolute Gasteiger partial charge is 0.257 e. The third kappa shape index (κ3) is 3.86. The number of aryl methyl sites for hydroxylation is 2. The number of rotatable bonds is 5. The number of hydrogen-bond donors (Lipinski definition) is 1. The van der Waals surface area contributed by atoms with Gasteiger partial charge in [-0.2, -0.15) is 5.10 Å². The molecule has 1 saturated heterocycles. The van der Waals surface area contributed by atoms with Crippen LogP contribution < -0.4 is 10.5 Å². The fraction of sp³-hybridized carbons (Fsp3) is 0.318. The van der Waals surface area contributed by atoms with Crippen molar-refractivity contribution in [3.63, 3.8) is 0 Å². The van der Waals surface area contributed by atoms with Gasteiger partial charge in [-0.05, 0) is 44.5 Å². The van der Waals surface area contributed by atoms with Gasteiger partial charge in [0.05, 0.1) is 35.8 Å². The number of carbonyl (C=O) groups excluding carboxylic acids is 2. The topological polar surface area (TPSA) is 116 Å². The number of benzene rings is 1. The standard InChI is InChI=1S/C22H24N6O3/c1-13-18(10-24-14(2)26-13)22(30)27-9-8-15(12-27)20(29)19-11-25-28(21(19)23)16-4-6-17(31-3)7-5-16/h4-7,10-11,15H,8-9,12,23H2,1-3H3/t15-/m1/s1. The molecule has 2 aromatic heterocycles. The Kier molecular flexibility index (Phi) is 5.41. The van der Waals surface area contributed by atoms with E-state index >= 15 is 0 Å². The van der Waals surface area contributed by atoms with Gasteiger partial charge in [0.1, 0.15) is 17.4 Å². The highest BCUT2D eigenvalue weighted by Crippen LogP contribution is 2.27. The van der Waals surface area contributed by atoms with Crippen LogP contribution in [0.1, 0.15) is 38.7 Å². The lowest BCUT2D eigenvalue weighted by molar-refractivity contribution is 0.0778. The maximum Gasteiger partial charge on any atom is 0.257 e. The van der Waals surface area contributed by atoms with Crippen LogP contribution in [0.15, 0.2) is 36.7 Å². The van der Waals surface area contributed by atoms with Crippen molar-refractivity contribution in [1.82, 2.24) is 24.6 Å². The summed E-state index contributed by atoms with van der Waals surface area (Å²) in [4.78, 5) is 36.1. The van der Waals surface area contributed by atoms with Crippen LogP contribution in [0.2, 0.25) is 0 Å². The molecule has 1 fully saturated rings. The van der Waals surface area contributed by atoms with Gasteiger partial charge in [0.15, 0.2) is 5.78 Å². The number of nitrogens with zero attached hydrogens (tertiary/aromatic N) is 5. The zero-order chi connectivity index (χ0) is 22.1. The average Bonchev–Trinajstić information content (AvgIpc) is 3.40. The SMILES string of the molecule is COc1ccc(-n2ncc(C(=O)[C@@H]3CCN(C(=O)c4cnc(C)nc4C)C3)c2N)cc1. The molecular weight excluding hydrogens is 396 g/mol. The van der Waals surface area contributed by atoms with Crippen LogP contribution >= 0.6 is 0 Å². The summed E-state index contributed by atoms with van der Waals surface area (Å²) < 4.78 is 6.69. The predicted molar refractivity (Wildman–Crippen MR) is 114 cm³/mol. The molecule has 3 heterocycles. The molecule has 2 N–H and O–H groups in total. The van der Waals surface area contributed by atoms with Crippen LogP contribution in [0.4, 0.5) is 5.82 Å². The fourth-order valence-corrected chi connectivity index (χ4v) is 3.82. The van der Waals surface area contributed by atoms with Crippen molar-refractivity contribution < 1.29 is 14.3 Å². The van der Waals surface area contributed by atoms with E-state index < -0.39 is 0 Å². The van der Waals surface area contributed by atoms with Crippen molar-refractivity contribution in [3.05, 3.63) is 59.3 Å². The van der Waals surface area contributed by atoms with E-state index in [1.165, 1.54) is 10.9 Å². The molecule has 1 aromatic carbocycles.